The average molecular weight is 475 g/mol. The third kappa shape index (κ3) is 6.16. The van der Waals surface area contributed by atoms with Gasteiger partial charge in [-0.3, -0.25) is 14.9 Å². The van der Waals surface area contributed by atoms with E-state index in [9.17, 15) is 38.1 Å². The maximum atomic E-state index is 11.2. The Morgan fingerprint density at radius 2 is 1.87 bits per heavy atom. The topological polar surface area (TPSA) is 201 Å². The molecule has 1 atom stereocenters. The summed E-state index contributed by atoms with van der Waals surface area (Å²) in [6.45, 7) is 1.19. The van der Waals surface area contributed by atoms with E-state index in [1.54, 1.807) is 30.3 Å². The minimum atomic E-state index is -5.25. The minimum absolute atomic E-state index is 0. The molecule has 158 valence electrons. The van der Waals surface area contributed by atoms with Crippen LogP contribution in [0.25, 0.3) is 0 Å². The van der Waals surface area contributed by atoms with Gasteiger partial charge in [0.05, 0.1) is 11.8 Å². The molecule has 0 aromatic heterocycles. The summed E-state index contributed by atoms with van der Waals surface area (Å²) in [5.74, 6) is -2.16. The van der Waals surface area contributed by atoms with Crippen molar-refractivity contribution in [2.24, 2.45) is 10.2 Å². The maximum absolute atomic E-state index is 11.2. The van der Waals surface area contributed by atoms with Crippen LogP contribution >= 0.6 is 0 Å². The molecule has 0 aliphatic carbocycles. The smallest absolute Gasteiger partial charge is 0.379 e. The van der Waals surface area contributed by atoms with Crippen molar-refractivity contribution < 1.29 is 55.3 Å². The van der Waals surface area contributed by atoms with Crippen LogP contribution in [-0.4, -0.2) is 50.6 Å². The standard InChI is InChI=1S/C16H14N4O8S.Cr/c1-9(21)14(16(23)17-10-5-3-2-4-6-10)19-18-12-7-11(20(24)25)8-13(15(12)22)29(26,27)28;/h2-8,14,22H,1H3,(H,17,23)(H,26,27,28);/p+1. The van der Waals surface area contributed by atoms with Gasteiger partial charge in [0.25, 0.3) is 11.7 Å². The zero-order valence-corrected chi connectivity index (χ0v) is 17.3. The third-order valence-corrected chi connectivity index (χ3v) is 4.35. The molecule has 0 aliphatic rings. The number of aliphatic hydroxyl groups is 1. The Hall–Kier alpha value is -3.18. The first-order valence-electron chi connectivity index (χ1n) is 7.79. The number of nitrogens with zero attached hydrogens (tertiary/aromatic N) is 3. The molecule has 2 aromatic carbocycles. The molecule has 30 heavy (non-hydrogen) atoms. The normalized spacial score (nSPS) is 12.9. The van der Waals surface area contributed by atoms with Crippen molar-refractivity contribution in [3.63, 3.8) is 0 Å². The molecule has 14 heteroatoms. The van der Waals surface area contributed by atoms with Crippen molar-refractivity contribution in [2.45, 2.75) is 17.9 Å². The fourth-order valence-corrected chi connectivity index (χ4v) is 2.75. The number of para-hydroxylation sites is 1. The van der Waals surface area contributed by atoms with Gasteiger partial charge in [-0.15, -0.1) is 0 Å². The van der Waals surface area contributed by atoms with Crippen LogP contribution in [0, 0.1) is 10.1 Å². The van der Waals surface area contributed by atoms with Gasteiger partial charge >= 0.3 is 11.7 Å². The van der Waals surface area contributed by atoms with E-state index in [0.29, 0.717) is 17.8 Å². The number of aliphatic hydroxyl groups excluding tert-OH is 1. The third-order valence-electron chi connectivity index (χ3n) is 3.50. The maximum Gasteiger partial charge on any atom is 0.379 e. The molecule has 0 amide bonds. The SMILES string of the molecule is CC(=[OH+])C(N=Nc1cc([N+](=O)[O-])cc(S(=O)(=O)[O-])c1O)C(O)=[NH+]c1ccccc1.[Cr]. The van der Waals surface area contributed by atoms with Gasteiger partial charge in [-0.1, -0.05) is 18.2 Å². The largest absolute Gasteiger partial charge is 0.744 e. The van der Waals surface area contributed by atoms with Crippen LogP contribution < -0.4 is 4.99 Å². The fraction of sp³-hybridized carbons (Fsp3) is 0.125. The summed E-state index contributed by atoms with van der Waals surface area (Å²) in [5.41, 5.74) is -1.10. The van der Waals surface area contributed by atoms with Crippen molar-refractivity contribution in [3.8, 4) is 5.75 Å². The van der Waals surface area contributed by atoms with Gasteiger partial charge in [0, 0.05) is 41.6 Å². The van der Waals surface area contributed by atoms with Gasteiger partial charge in [0.2, 0.25) is 5.69 Å². The number of carbonyl (C=O) groups excluding carboxylic acids is 1. The first-order chi connectivity index (χ1) is 13.5. The van der Waals surface area contributed by atoms with E-state index in [1.165, 1.54) is 6.92 Å². The second-order valence-electron chi connectivity index (χ2n) is 5.66. The second-order valence-corrected chi connectivity index (χ2v) is 7.01. The Kier molecular flexibility index (Phi) is 8.31. The first kappa shape index (κ1) is 24.9. The molecule has 2 rings (SSSR count). The van der Waals surface area contributed by atoms with Crippen molar-refractivity contribution in [1.82, 2.24) is 0 Å². The van der Waals surface area contributed by atoms with Gasteiger partial charge in [-0.25, -0.2) is 8.42 Å². The summed E-state index contributed by atoms with van der Waals surface area (Å²) >= 11 is 0. The van der Waals surface area contributed by atoms with Crippen LogP contribution in [0.5, 0.6) is 5.75 Å². The Labute approximate surface area is 180 Å². The number of phenols is 1. The van der Waals surface area contributed by atoms with E-state index in [4.69, 9.17) is 0 Å². The summed E-state index contributed by atoms with van der Waals surface area (Å²) in [5, 5.41) is 38.1. The molecule has 4 N–H and O–H groups in total. The molecule has 0 heterocycles. The predicted octanol–water partition coefficient (Wildman–Crippen LogP) is 0.588. The van der Waals surface area contributed by atoms with Gasteiger partial charge in [-0.2, -0.15) is 15.2 Å². The van der Waals surface area contributed by atoms with E-state index in [1.807, 2.05) is 0 Å². The second kappa shape index (κ2) is 10.0. The van der Waals surface area contributed by atoms with Gasteiger partial charge in [0.15, 0.2) is 5.75 Å². The van der Waals surface area contributed by atoms with Gasteiger partial charge in [-0.05, 0) is 0 Å². The number of phenolic OH excluding ortho intramolecular Hbond substituents is 1. The zero-order chi connectivity index (χ0) is 21.8. The molecule has 0 bridgehead atoms. The number of hydrogen-bond acceptors (Lipinski definition) is 8. The summed E-state index contributed by atoms with van der Waals surface area (Å²) in [7, 11) is -5.25. The van der Waals surface area contributed by atoms with Crippen LogP contribution in [0.4, 0.5) is 17.1 Å². The van der Waals surface area contributed by atoms with Crippen LogP contribution in [0.2, 0.25) is 0 Å². The number of aromatic hydroxyl groups is 1. The van der Waals surface area contributed by atoms with Crippen molar-refractivity contribution >= 4 is 38.9 Å². The zero-order valence-electron chi connectivity index (χ0n) is 15.2. The molecular formula is C16H15CrN4O8S+. The molecule has 0 saturated carbocycles. The number of azo groups is 1. The fourth-order valence-electron chi connectivity index (χ4n) is 2.14. The number of rotatable bonds is 7. The van der Waals surface area contributed by atoms with E-state index in [2.05, 4.69) is 15.2 Å². The number of benzene rings is 2. The summed E-state index contributed by atoms with van der Waals surface area (Å²) in [6, 6.07) is 7.89. The molecule has 2 aromatic rings. The summed E-state index contributed by atoms with van der Waals surface area (Å²) in [6.07, 6.45) is 0. The van der Waals surface area contributed by atoms with Crippen molar-refractivity contribution in [2.75, 3.05) is 0 Å². The number of nitro groups is 1. The molecule has 0 saturated heterocycles. The summed E-state index contributed by atoms with van der Waals surface area (Å²) in [4.78, 5) is 21.0. The first-order valence-corrected chi connectivity index (χ1v) is 9.20. The molecule has 0 fully saturated rings. The van der Waals surface area contributed by atoms with Crippen LogP contribution in [0.3, 0.4) is 0 Å². The van der Waals surface area contributed by atoms with Gasteiger partial charge < -0.3 is 14.8 Å². The van der Waals surface area contributed by atoms with E-state index in [-0.39, 0.29) is 17.4 Å². The number of nitro benzene ring substituents is 1. The molecule has 0 spiro atoms. The molecule has 1 unspecified atom stereocenters. The number of ketones is 1. The van der Waals surface area contributed by atoms with E-state index in [0.717, 1.165) is 0 Å². The van der Waals surface area contributed by atoms with Crippen LogP contribution in [0.1, 0.15) is 6.92 Å². The van der Waals surface area contributed by atoms with E-state index >= 15 is 0 Å². The quantitative estimate of drug-likeness (QED) is 0.0988. The molecule has 0 radical (unpaired) electrons. The number of nitrogens with one attached hydrogen (secondary N) is 1. The monoisotopic (exact) mass is 475 g/mol. The Balaban J connectivity index is 0.00000450. The van der Waals surface area contributed by atoms with E-state index < -0.39 is 54.8 Å². The Bertz CT molecular complexity index is 1120. The van der Waals surface area contributed by atoms with Crippen molar-refractivity contribution in [1.29, 1.82) is 0 Å². The molecular weight excluding hydrogens is 460 g/mol. The average Bonchev–Trinajstić information content (AvgIpc) is 2.62. The van der Waals surface area contributed by atoms with Crippen LogP contribution in [0.15, 0.2) is 57.6 Å². The van der Waals surface area contributed by atoms with Crippen molar-refractivity contribution in [3.05, 3.63) is 52.6 Å². The Morgan fingerprint density at radius 3 is 2.37 bits per heavy atom. The summed E-state index contributed by atoms with van der Waals surface area (Å²) < 4.78 is 33.7. The number of hydrogen-bond donors (Lipinski definition) is 3. The molecule has 0 aliphatic heterocycles. The van der Waals surface area contributed by atoms with Gasteiger partial charge in [0.1, 0.15) is 20.7 Å². The Morgan fingerprint density at radius 1 is 1.27 bits per heavy atom. The predicted molar refractivity (Wildman–Crippen MR) is 98.3 cm³/mol. The minimum Gasteiger partial charge on any atom is -0.744 e. The van der Waals surface area contributed by atoms with Crippen LogP contribution in [-0.2, 0) is 27.5 Å². The number of non-ortho nitro benzene ring substituents is 1. The molecule has 12 nitrogen and oxygen atoms in total.